The number of amides is 1. The largest absolute Gasteiger partial charge is 0.366 e. The molecular formula is C19H31N5O. The molecule has 4 N–H and O–H groups in total. The van der Waals surface area contributed by atoms with Crippen LogP contribution in [0.25, 0.3) is 0 Å². The Morgan fingerprint density at radius 2 is 2.08 bits per heavy atom. The van der Waals surface area contributed by atoms with Gasteiger partial charge in [0.25, 0.3) is 0 Å². The number of likely N-dealkylation sites (tertiary alicyclic amines) is 1. The minimum absolute atomic E-state index is 0.409. The second-order valence-electron chi connectivity index (χ2n) is 6.81. The molecule has 1 aromatic rings. The fourth-order valence-electron chi connectivity index (χ4n) is 3.07. The van der Waals surface area contributed by atoms with Crippen molar-refractivity contribution in [3.63, 3.8) is 0 Å². The second kappa shape index (κ2) is 9.42. The van der Waals surface area contributed by atoms with Gasteiger partial charge in [-0.1, -0.05) is 12.1 Å². The van der Waals surface area contributed by atoms with Gasteiger partial charge in [0, 0.05) is 37.3 Å². The Labute approximate surface area is 150 Å². The molecular weight excluding hydrogens is 314 g/mol. The van der Waals surface area contributed by atoms with E-state index in [0.717, 1.165) is 44.0 Å². The van der Waals surface area contributed by atoms with Gasteiger partial charge in [0.2, 0.25) is 5.91 Å². The highest BCUT2D eigenvalue weighted by atomic mass is 16.1. The van der Waals surface area contributed by atoms with Gasteiger partial charge in [-0.05, 0) is 51.3 Å². The zero-order valence-electron chi connectivity index (χ0n) is 15.6. The summed E-state index contributed by atoms with van der Waals surface area (Å²) in [4.78, 5) is 18.5. The zero-order chi connectivity index (χ0) is 18.2. The Bertz CT molecular complexity index is 591. The van der Waals surface area contributed by atoms with Crippen LogP contribution in [0.15, 0.2) is 29.3 Å². The average Bonchev–Trinajstić information content (AvgIpc) is 2.60. The van der Waals surface area contributed by atoms with E-state index in [0.29, 0.717) is 24.2 Å². The number of nitrogens with zero attached hydrogens (tertiary/aromatic N) is 2. The summed E-state index contributed by atoms with van der Waals surface area (Å²) in [5.74, 6) is 0.419. The summed E-state index contributed by atoms with van der Waals surface area (Å²) in [6.45, 7) is 10.1. The number of rotatable bonds is 6. The molecule has 0 aliphatic carbocycles. The number of piperidine rings is 1. The molecule has 1 heterocycles. The number of guanidine groups is 1. The van der Waals surface area contributed by atoms with Crippen LogP contribution in [0.5, 0.6) is 0 Å². The number of primary amides is 1. The topological polar surface area (TPSA) is 82.7 Å². The highest BCUT2D eigenvalue weighted by Crippen LogP contribution is 2.13. The molecule has 6 heteroatoms. The van der Waals surface area contributed by atoms with Crippen molar-refractivity contribution < 1.29 is 4.79 Å². The number of benzene rings is 1. The van der Waals surface area contributed by atoms with Crippen molar-refractivity contribution in [1.82, 2.24) is 15.5 Å². The Balaban J connectivity index is 1.94. The van der Waals surface area contributed by atoms with Crippen molar-refractivity contribution in [2.75, 3.05) is 19.6 Å². The molecule has 0 saturated carbocycles. The van der Waals surface area contributed by atoms with E-state index in [9.17, 15) is 4.79 Å². The van der Waals surface area contributed by atoms with Gasteiger partial charge in [-0.2, -0.15) is 0 Å². The van der Waals surface area contributed by atoms with Gasteiger partial charge in [0.05, 0.1) is 6.54 Å². The lowest BCUT2D eigenvalue weighted by atomic mass is 10.0. The number of nitrogens with one attached hydrogen (secondary N) is 2. The zero-order valence-corrected chi connectivity index (χ0v) is 15.6. The number of nitrogens with two attached hydrogens (primary N) is 1. The third kappa shape index (κ3) is 6.05. The number of aliphatic imine (C=N–C) groups is 1. The number of hydrogen-bond acceptors (Lipinski definition) is 3. The lowest BCUT2D eigenvalue weighted by molar-refractivity contribution is 0.1000. The minimum Gasteiger partial charge on any atom is -0.366 e. The first-order chi connectivity index (χ1) is 12.0. The number of carbonyl (C=O) groups excluding carboxylic acids is 1. The molecule has 0 unspecified atom stereocenters. The van der Waals surface area contributed by atoms with Crippen molar-refractivity contribution in [2.24, 2.45) is 10.7 Å². The quantitative estimate of drug-likeness (QED) is 0.541. The fraction of sp³-hybridized carbons (Fsp3) is 0.579. The maximum Gasteiger partial charge on any atom is 0.248 e. The molecule has 1 aliphatic rings. The molecule has 25 heavy (non-hydrogen) atoms. The van der Waals surface area contributed by atoms with E-state index < -0.39 is 5.91 Å². The monoisotopic (exact) mass is 345 g/mol. The van der Waals surface area contributed by atoms with E-state index in [4.69, 9.17) is 5.73 Å². The van der Waals surface area contributed by atoms with Crippen molar-refractivity contribution in [3.8, 4) is 0 Å². The number of hydrogen-bond donors (Lipinski definition) is 3. The van der Waals surface area contributed by atoms with E-state index in [1.807, 2.05) is 12.1 Å². The van der Waals surface area contributed by atoms with Crippen molar-refractivity contribution in [3.05, 3.63) is 35.4 Å². The molecule has 0 aromatic heterocycles. The SMILES string of the molecule is CCNC(=NCc1cccc(C(N)=O)c1)NC1CCN(C(C)C)CC1. The number of carbonyl (C=O) groups is 1. The van der Waals surface area contributed by atoms with Crippen molar-refractivity contribution >= 4 is 11.9 Å². The van der Waals surface area contributed by atoms with Crippen LogP contribution in [0.1, 0.15) is 49.5 Å². The summed E-state index contributed by atoms with van der Waals surface area (Å²) in [5, 5.41) is 6.85. The summed E-state index contributed by atoms with van der Waals surface area (Å²) in [6.07, 6.45) is 2.25. The molecule has 0 atom stereocenters. The summed E-state index contributed by atoms with van der Waals surface area (Å²) >= 11 is 0. The molecule has 0 radical (unpaired) electrons. The Morgan fingerprint density at radius 3 is 2.68 bits per heavy atom. The van der Waals surface area contributed by atoms with Gasteiger partial charge in [-0.25, -0.2) is 4.99 Å². The summed E-state index contributed by atoms with van der Waals surface area (Å²) < 4.78 is 0. The summed E-state index contributed by atoms with van der Waals surface area (Å²) in [5.41, 5.74) is 6.83. The molecule has 0 bridgehead atoms. The van der Waals surface area contributed by atoms with Crippen LogP contribution in [0, 0.1) is 0 Å². The average molecular weight is 345 g/mol. The van der Waals surface area contributed by atoms with Gasteiger partial charge in [-0.15, -0.1) is 0 Å². The second-order valence-corrected chi connectivity index (χ2v) is 6.81. The first kappa shape index (κ1) is 19.2. The standard InChI is InChI=1S/C19H31N5O/c1-4-21-19(23-17-8-10-24(11-9-17)14(2)3)22-13-15-6-5-7-16(12-15)18(20)25/h5-7,12,14,17H,4,8-11,13H2,1-3H3,(H2,20,25)(H2,21,22,23). The lowest BCUT2D eigenvalue weighted by Gasteiger charge is -2.35. The highest BCUT2D eigenvalue weighted by Gasteiger charge is 2.21. The molecule has 1 aromatic carbocycles. The molecule has 1 fully saturated rings. The molecule has 1 saturated heterocycles. The molecule has 1 amide bonds. The third-order valence-electron chi connectivity index (χ3n) is 4.58. The van der Waals surface area contributed by atoms with Gasteiger partial charge < -0.3 is 21.3 Å². The van der Waals surface area contributed by atoms with Crippen LogP contribution in [0.4, 0.5) is 0 Å². The Morgan fingerprint density at radius 1 is 1.36 bits per heavy atom. The molecule has 0 spiro atoms. The van der Waals surface area contributed by atoms with Crippen LogP contribution in [0.3, 0.4) is 0 Å². The smallest absolute Gasteiger partial charge is 0.248 e. The minimum atomic E-state index is -0.409. The van der Waals surface area contributed by atoms with Gasteiger partial charge in [0.15, 0.2) is 5.96 Å². The third-order valence-corrected chi connectivity index (χ3v) is 4.58. The van der Waals surface area contributed by atoms with Gasteiger partial charge >= 0.3 is 0 Å². The van der Waals surface area contributed by atoms with Crippen molar-refractivity contribution in [1.29, 1.82) is 0 Å². The van der Waals surface area contributed by atoms with E-state index >= 15 is 0 Å². The first-order valence-electron chi connectivity index (χ1n) is 9.17. The van der Waals surface area contributed by atoms with Gasteiger partial charge in [-0.3, -0.25) is 4.79 Å². The van der Waals surface area contributed by atoms with E-state index in [1.54, 1.807) is 12.1 Å². The van der Waals surface area contributed by atoms with Gasteiger partial charge in [0.1, 0.15) is 0 Å². The summed E-state index contributed by atoms with van der Waals surface area (Å²) in [6, 6.07) is 8.39. The van der Waals surface area contributed by atoms with E-state index in [-0.39, 0.29) is 0 Å². The van der Waals surface area contributed by atoms with Crippen LogP contribution >= 0.6 is 0 Å². The highest BCUT2D eigenvalue weighted by molar-refractivity contribution is 5.92. The molecule has 2 rings (SSSR count). The Kier molecular flexibility index (Phi) is 7.25. The fourth-order valence-corrected chi connectivity index (χ4v) is 3.07. The maximum absolute atomic E-state index is 11.3. The van der Waals surface area contributed by atoms with Crippen LogP contribution < -0.4 is 16.4 Å². The molecule has 6 nitrogen and oxygen atoms in total. The predicted octanol–water partition coefficient (Wildman–Crippen LogP) is 1.71. The Hall–Kier alpha value is -2.08. The van der Waals surface area contributed by atoms with Crippen LogP contribution in [-0.2, 0) is 6.54 Å². The molecule has 1 aliphatic heterocycles. The summed E-state index contributed by atoms with van der Waals surface area (Å²) in [7, 11) is 0. The predicted molar refractivity (Wildman–Crippen MR) is 103 cm³/mol. The maximum atomic E-state index is 11.3. The van der Waals surface area contributed by atoms with Crippen LogP contribution in [0.2, 0.25) is 0 Å². The van der Waals surface area contributed by atoms with Crippen LogP contribution in [-0.4, -0.2) is 48.5 Å². The van der Waals surface area contributed by atoms with E-state index in [2.05, 4.69) is 41.3 Å². The first-order valence-corrected chi connectivity index (χ1v) is 9.17. The lowest BCUT2D eigenvalue weighted by Crippen LogP contribution is -2.49. The van der Waals surface area contributed by atoms with Crippen molar-refractivity contribution in [2.45, 2.75) is 52.2 Å². The van der Waals surface area contributed by atoms with E-state index in [1.165, 1.54) is 0 Å². The normalized spacial score (nSPS) is 16.9. The molecule has 138 valence electrons.